The summed E-state index contributed by atoms with van der Waals surface area (Å²) in [7, 11) is 6.53. The van der Waals surface area contributed by atoms with E-state index in [1.54, 1.807) is 27.3 Å². The molecule has 0 spiro atoms. The van der Waals surface area contributed by atoms with Crippen LogP contribution < -0.4 is 9.47 Å². The Kier molecular flexibility index (Phi) is 10.5. The molecule has 1 N–H and O–H groups in total. The number of methoxy groups -OCH3 is 2. The number of rotatable bonds is 12. The third kappa shape index (κ3) is 7.21. The Bertz CT molecular complexity index is 1500. The van der Waals surface area contributed by atoms with Gasteiger partial charge in [0.25, 0.3) is 5.91 Å². The molecule has 43 heavy (non-hydrogen) atoms. The number of esters is 1. The van der Waals surface area contributed by atoms with E-state index in [1.807, 2.05) is 66.7 Å². The fraction of sp³-hybridized carbons (Fsp3) is 0.344. The highest BCUT2D eigenvalue weighted by Crippen LogP contribution is 2.46. The summed E-state index contributed by atoms with van der Waals surface area (Å²) in [5, 5.41) is 8.76. The van der Waals surface area contributed by atoms with Crippen LogP contribution in [0.2, 0.25) is 5.02 Å². The van der Waals surface area contributed by atoms with Crippen molar-refractivity contribution >= 4 is 29.2 Å². The van der Waals surface area contributed by atoms with Crippen LogP contribution in [0.5, 0.6) is 11.5 Å². The van der Waals surface area contributed by atoms with Crippen molar-refractivity contribution in [3.05, 3.63) is 88.8 Å². The zero-order valence-corrected chi connectivity index (χ0v) is 25.8. The second-order valence-corrected chi connectivity index (χ2v) is 10.5. The number of nitrogens with zero attached hydrogens (tertiary/aromatic N) is 3. The molecule has 0 saturated carbocycles. The largest absolute Gasteiger partial charge is 0.493 e. The van der Waals surface area contributed by atoms with Crippen molar-refractivity contribution in [1.29, 1.82) is 5.41 Å². The first-order chi connectivity index (χ1) is 20.7. The number of hydrogen-bond donors (Lipinski definition) is 1. The van der Waals surface area contributed by atoms with Crippen LogP contribution in [-0.2, 0) is 19.1 Å². The maximum absolute atomic E-state index is 12.5. The van der Waals surface area contributed by atoms with Crippen LogP contribution in [0.3, 0.4) is 0 Å². The molecule has 0 radical (unpaired) electrons. The first-order valence-electron chi connectivity index (χ1n) is 13.9. The smallest absolute Gasteiger partial charge is 0.325 e. The van der Waals surface area contributed by atoms with Gasteiger partial charge in [0.2, 0.25) is 0 Å². The van der Waals surface area contributed by atoms with Gasteiger partial charge in [0, 0.05) is 49.2 Å². The van der Waals surface area contributed by atoms with E-state index in [9.17, 15) is 9.59 Å². The maximum Gasteiger partial charge on any atom is 0.325 e. The fourth-order valence-corrected chi connectivity index (χ4v) is 5.24. The number of amides is 1. The molecule has 0 aliphatic carbocycles. The summed E-state index contributed by atoms with van der Waals surface area (Å²) < 4.78 is 25.3. The van der Waals surface area contributed by atoms with E-state index in [2.05, 4.69) is 4.57 Å². The second kappa shape index (κ2) is 14.3. The third-order valence-electron chi connectivity index (χ3n) is 7.15. The van der Waals surface area contributed by atoms with Crippen LogP contribution in [0, 0.1) is 5.41 Å². The van der Waals surface area contributed by atoms with Gasteiger partial charge in [-0.15, -0.1) is 0 Å². The van der Waals surface area contributed by atoms with Crippen molar-refractivity contribution in [2.45, 2.75) is 25.6 Å². The van der Waals surface area contributed by atoms with Gasteiger partial charge in [-0.1, -0.05) is 23.7 Å². The topological polar surface area (TPSA) is 106 Å². The molecule has 1 aliphatic rings. The molecular formula is C32H37ClN4O6. The SMILES string of the molecule is CCOC(=O)CN(C)C(=O)C(=N)/C=C\N(C)CC[C@H]1O[C@H](c2cccc(OC)c2OC)c2cc(Cl)ccc2-n2cccc21. The lowest BCUT2D eigenvalue weighted by molar-refractivity contribution is -0.146. The van der Waals surface area contributed by atoms with Crippen LogP contribution in [0.25, 0.3) is 5.69 Å². The highest BCUT2D eigenvalue weighted by molar-refractivity contribution is 6.42. The average Bonchev–Trinajstić information content (AvgIpc) is 3.44. The number of aromatic nitrogens is 1. The summed E-state index contributed by atoms with van der Waals surface area (Å²) in [6.45, 7) is 2.27. The molecule has 0 saturated heterocycles. The van der Waals surface area contributed by atoms with Gasteiger partial charge >= 0.3 is 5.97 Å². The Morgan fingerprint density at radius 2 is 1.88 bits per heavy atom. The van der Waals surface area contributed by atoms with Gasteiger partial charge in [-0.3, -0.25) is 15.0 Å². The molecule has 2 aromatic carbocycles. The molecule has 0 bridgehead atoms. The Morgan fingerprint density at radius 1 is 1.09 bits per heavy atom. The predicted octanol–water partition coefficient (Wildman–Crippen LogP) is 5.19. The number of nitrogens with one attached hydrogen (secondary N) is 1. The lowest BCUT2D eigenvalue weighted by Crippen LogP contribution is -2.36. The Labute approximate surface area is 256 Å². The summed E-state index contributed by atoms with van der Waals surface area (Å²) in [6, 6.07) is 15.5. The van der Waals surface area contributed by atoms with Gasteiger partial charge in [0.05, 0.1) is 32.2 Å². The quantitative estimate of drug-likeness (QED) is 0.223. The van der Waals surface area contributed by atoms with Crippen molar-refractivity contribution in [2.24, 2.45) is 0 Å². The Morgan fingerprint density at radius 3 is 2.60 bits per heavy atom. The lowest BCUT2D eigenvalue weighted by atomic mass is 9.98. The molecule has 3 aromatic rings. The number of carbonyl (C=O) groups is 2. The molecule has 0 unspecified atom stereocenters. The third-order valence-corrected chi connectivity index (χ3v) is 7.38. The Balaban J connectivity index is 1.56. The highest BCUT2D eigenvalue weighted by Gasteiger charge is 2.33. The molecule has 2 heterocycles. The van der Waals surface area contributed by atoms with Gasteiger partial charge in [0.15, 0.2) is 11.5 Å². The van der Waals surface area contributed by atoms with Crippen LogP contribution in [0.4, 0.5) is 0 Å². The monoisotopic (exact) mass is 608 g/mol. The van der Waals surface area contributed by atoms with Crippen LogP contribution in [0.15, 0.2) is 67.0 Å². The van der Waals surface area contributed by atoms with Crippen molar-refractivity contribution in [3.8, 4) is 17.2 Å². The first kappa shape index (κ1) is 31.7. The van der Waals surface area contributed by atoms with E-state index < -0.39 is 18.0 Å². The molecule has 1 aliphatic heterocycles. The van der Waals surface area contributed by atoms with Crippen molar-refractivity contribution in [2.75, 3.05) is 48.0 Å². The molecule has 11 heteroatoms. The zero-order valence-electron chi connectivity index (χ0n) is 25.0. The molecule has 1 amide bonds. The van der Waals surface area contributed by atoms with Gasteiger partial charge < -0.3 is 33.3 Å². The molecule has 10 nitrogen and oxygen atoms in total. The minimum absolute atomic E-state index is 0.218. The number of carbonyl (C=O) groups excluding carboxylic acids is 2. The number of para-hydroxylation sites is 1. The zero-order chi connectivity index (χ0) is 31.1. The average molecular weight is 609 g/mol. The predicted molar refractivity (Wildman–Crippen MR) is 164 cm³/mol. The van der Waals surface area contributed by atoms with E-state index in [-0.39, 0.29) is 25.0 Å². The van der Waals surface area contributed by atoms with Gasteiger partial charge in [-0.2, -0.15) is 0 Å². The number of fused-ring (bicyclic) bond motifs is 3. The van der Waals surface area contributed by atoms with Crippen LogP contribution in [0.1, 0.15) is 42.4 Å². The first-order valence-corrected chi connectivity index (χ1v) is 14.3. The molecular weight excluding hydrogens is 572 g/mol. The maximum atomic E-state index is 12.5. The van der Waals surface area contributed by atoms with Crippen LogP contribution >= 0.6 is 11.6 Å². The molecule has 4 rings (SSSR count). The number of hydrogen-bond acceptors (Lipinski definition) is 8. The van der Waals surface area contributed by atoms with E-state index in [0.29, 0.717) is 29.5 Å². The molecule has 1 aromatic heterocycles. The van der Waals surface area contributed by atoms with Gasteiger partial charge in [-0.05, 0) is 55.8 Å². The normalized spacial score (nSPS) is 15.7. The molecule has 228 valence electrons. The summed E-state index contributed by atoms with van der Waals surface area (Å²) in [4.78, 5) is 27.3. The number of halogens is 1. The van der Waals surface area contributed by atoms with E-state index in [4.69, 9.17) is 36.0 Å². The summed E-state index contributed by atoms with van der Waals surface area (Å²) in [6.07, 6.45) is 4.86. The number of likely N-dealkylation sites (N-methyl/N-ethyl adjacent to an activating group) is 1. The summed E-state index contributed by atoms with van der Waals surface area (Å²) in [5.41, 5.74) is 3.40. The van der Waals surface area contributed by atoms with E-state index in [1.165, 1.54) is 13.1 Å². The lowest BCUT2D eigenvalue weighted by Gasteiger charge is -2.26. The highest BCUT2D eigenvalue weighted by atomic mass is 35.5. The summed E-state index contributed by atoms with van der Waals surface area (Å²) in [5.74, 6) is 0.0913. The van der Waals surface area contributed by atoms with E-state index in [0.717, 1.165) is 27.4 Å². The minimum atomic E-state index is -0.575. The van der Waals surface area contributed by atoms with E-state index >= 15 is 0 Å². The van der Waals surface area contributed by atoms with Crippen molar-refractivity contribution < 1.29 is 28.5 Å². The van der Waals surface area contributed by atoms with Gasteiger partial charge in [0.1, 0.15) is 24.5 Å². The standard InChI is InChI=1S/C32H37ClN4O6/c1-6-42-29(38)20-36(3)32(39)24(34)14-17-35(2)18-15-27-26-10-8-16-37(26)25-13-12-21(33)19-23(25)30(43-27)22-9-7-11-28(40-4)31(22)41-5/h7-14,16-17,19,27,30,34H,6,15,18,20H2,1-5H3/b17-14-,34-24?/t27-,30-/m1/s1. The Hall–Kier alpha value is -4.28. The number of ether oxygens (including phenoxy) is 4. The molecule has 2 atom stereocenters. The van der Waals surface area contributed by atoms with Crippen molar-refractivity contribution in [3.63, 3.8) is 0 Å². The second-order valence-electron chi connectivity index (χ2n) is 10.1. The fourth-order valence-electron chi connectivity index (χ4n) is 5.06. The number of benzene rings is 2. The molecule has 0 fully saturated rings. The van der Waals surface area contributed by atoms with Crippen LogP contribution in [-0.4, -0.2) is 80.0 Å². The minimum Gasteiger partial charge on any atom is -0.493 e. The van der Waals surface area contributed by atoms with Crippen molar-refractivity contribution in [1.82, 2.24) is 14.4 Å². The summed E-state index contributed by atoms with van der Waals surface area (Å²) >= 11 is 6.49. The van der Waals surface area contributed by atoms with Gasteiger partial charge in [-0.25, -0.2) is 0 Å².